The van der Waals surface area contributed by atoms with Crippen LogP contribution in [0, 0.1) is 18.2 Å². The minimum atomic E-state index is -0.535. The number of amidine groups is 1. The Labute approximate surface area is 203 Å². The zero-order valence-electron chi connectivity index (χ0n) is 20.6. The number of hydrogen-bond donors (Lipinski definition) is 2. The molecule has 4 heterocycles. The predicted octanol–water partition coefficient (Wildman–Crippen LogP) is 3.68. The molecule has 11 heteroatoms. The molecule has 0 aliphatic carbocycles. The van der Waals surface area contributed by atoms with E-state index in [4.69, 9.17) is 14.9 Å². The van der Waals surface area contributed by atoms with E-state index in [0.29, 0.717) is 49.0 Å². The van der Waals surface area contributed by atoms with Gasteiger partial charge < -0.3 is 29.0 Å². The Morgan fingerprint density at radius 3 is 2.54 bits per heavy atom. The van der Waals surface area contributed by atoms with E-state index in [9.17, 15) is 9.18 Å². The number of hydrogen-bond acceptors (Lipinski definition) is 7. The lowest BCUT2D eigenvalue weighted by Crippen LogP contribution is -2.50. The van der Waals surface area contributed by atoms with E-state index in [2.05, 4.69) is 20.2 Å². The van der Waals surface area contributed by atoms with Crippen LogP contribution in [-0.4, -0.2) is 70.1 Å². The molecule has 0 atom stereocenters. The second-order valence-corrected chi connectivity index (χ2v) is 9.39. The zero-order valence-corrected chi connectivity index (χ0v) is 20.6. The number of amides is 1. The largest absolute Gasteiger partial charge is 0.494 e. The van der Waals surface area contributed by atoms with Crippen LogP contribution >= 0.6 is 0 Å². The summed E-state index contributed by atoms with van der Waals surface area (Å²) in [7, 11) is 1.57. The van der Waals surface area contributed by atoms with Crippen molar-refractivity contribution in [3.63, 3.8) is 0 Å². The number of nitrogens with zero attached hydrogens (tertiary/aromatic N) is 5. The molecule has 2 N–H and O–H groups in total. The van der Waals surface area contributed by atoms with Crippen LogP contribution < -0.4 is 15.0 Å². The van der Waals surface area contributed by atoms with Crippen LogP contribution in [0.4, 0.5) is 20.7 Å². The van der Waals surface area contributed by atoms with Gasteiger partial charge in [-0.15, -0.1) is 0 Å². The third-order valence-electron chi connectivity index (χ3n) is 5.51. The predicted molar refractivity (Wildman–Crippen MR) is 131 cm³/mol. The highest BCUT2D eigenvalue weighted by molar-refractivity contribution is 6.05. The van der Waals surface area contributed by atoms with Crippen molar-refractivity contribution in [2.45, 2.75) is 33.3 Å². The van der Waals surface area contributed by atoms with E-state index >= 15 is 0 Å². The quantitative estimate of drug-likeness (QED) is 0.430. The molecular formula is C24H30FN7O3. The standard InChI is InChI=1S/C24H30FN7O3/c1-15-13-32-14-16(10-17(25)22(32)28-15)21(26)29-20-11-19(34-5)18(12-27-20)30-6-8-31(9-7-30)23(33)35-24(2,3)4/h10-14H,6-9H2,1-5H3,(H2,26,27,29). The SMILES string of the molecule is COc1cc(NC(=N)c2cc(F)c3nc(C)cn3c2)ncc1N1CCN(C(=O)OC(C)(C)C)CC1. The van der Waals surface area contributed by atoms with Gasteiger partial charge in [0, 0.05) is 50.2 Å². The van der Waals surface area contributed by atoms with Gasteiger partial charge in [-0.25, -0.2) is 19.2 Å². The van der Waals surface area contributed by atoms with Crippen molar-refractivity contribution in [3.05, 3.63) is 47.8 Å². The molecule has 1 aliphatic heterocycles. The monoisotopic (exact) mass is 483 g/mol. The number of nitrogens with one attached hydrogen (secondary N) is 2. The molecular weight excluding hydrogens is 453 g/mol. The number of anilines is 2. The van der Waals surface area contributed by atoms with Gasteiger partial charge in [0.25, 0.3) is 0 Å². The van der Waals surface area contributed by atoms with Gasteiger partial charge in [-0.3, -0.25) is 5.41 Å². The van der Waals surface area contributed by atoms with E-state index < -0.39 is 11.4 Å². The van der Waals surface area contributed by atoms with Crippen molar-refractivity contribution in [2.75, 3.05) is 43.5 Å². The Bertz CT molecular complexity index is 1260. The van der Waals surface area contributed by atoms with Gasteiger partial charge in [0.15, 0.2) is 11.5 Å². The molecule has 0 bridgehead atoms. The first-order valence-corrected chi connectivity index (χ1v) is 11.3. The fourth-order valence-corrected chi connectivity index (χ4v) is 3.87. The highest BCUT2D eigenvalue weighted by atomic mass is 19.1. The smallest absolute Gasteiger partial charge is 0.410 e. The number of aromatic nitrogens is 3. The second kappa shape index (κ2) is 9.40. The second-order valence-electron chi connectivity index (χ2n) is 9.39. The van der Waals surface area contributed by atoms with Gasteiger partial charge in [-0.2, -0.15) is 0 Å². The molecule has 186 valence electrons. The zero-order chi connectivity index (χ0) is 25.3. The highest BCUT2D eigenvalue weighted by Gasteiger charge is 2.27. The Balaban J connectivity index is 1.44. The van der Waals surface area contributed by atoms with Gasteiger partial charge in [0.05, 0.1) is 24.7 Å². The summed E-state index contributed by atoms with van der Waals surface area (Å²) in [6.07, 6.45) is 4.69. The van der Waals surface area contributed by atoms with Gasteiger partial charge in [-0.05, 0) is 33.8 Å². The first kappa shape index (κ1) is 24.2. The molecule has 1 saturated heterocycles. The number of piperazine rings is 1. The van der Waals surface area contributed by atoms with Crippen LogP contribution in [-0.2, 0) is 4.74 Å². The van der Waals surface area contributed by atoms with Crippen molar-refractivity contribution in [1.82, 2.24) is 19.3 Å². The molecule has 0 spiro atoms. The average molecular weight is 484 g/mol. The van der Waals surface area contributed by atoms with Crippen molar-refractivity contribution in [1.29, 1.82) is 5.41 Å². The number of fused-ring (bicyclic) bond motifs is 1. The summed E-state index contributed by atoms with van der Waals surface area (Å²) in [6.45, 7) is 9.56. The van der Waals surface area contributed by atoms with Crippen LogP contribution in [0.1, 0.15) is 32.0 Å². The highest BCUT2D eigenvalue weighted by Crippen LogP contribution is 2.30. The number of methoxy groups -OCH3 is 1. The molecule has 1 aliphatic rings. The molecule has 3 aromatic rings. The lowest BCUT2D eigenvalue weighted by atomic mass is 10.2. The normalized spacial score (nSPS) is 14.2. The van der Waals surface area contributed by atoms with Crippen LogP contribution in [0.3, 0.4) is 0 Å². The number of halogens is 1. The topological polar surface area (TPSA) is 108 Å². The average Bonchev–Trinajstić information content (AvgIpc) is 3.19. The lowest BCUT2D eigenvalue weighted by Gasteiger charge is -2.37. The van der Waals surface area contributed by atoms with Crippen LogP contribution in [0.5, 0.6) is 5.75 Å². The Morgan fingerprint density at radius 1 is 1.17 bits per heavy atom. The van der Waals surface area contributed by atoms with Crippen LogP contribution in [0.15, 0.2) is 30.7 Å². The number of imidazole rings is 1. The number of aryl methyl sites for hydroxylation is 1. The third kappa shape index (κ3) is 5.44. The number of carbonyl (C=O) groups excluding carboxylic acids is 1. The summed E-state index contributed by atoms with van der Waals surface area (Å²) in [5.74, 6) is 0.456. The summed E-state index contributed by atoms with van der Waals surface area (Å²) in [5.41, 5.74) is 1.52. The summed E-state index contributed by atoms with van der Waals surface area (Å²) in [6, 6.07) is 2.97. The molecule has 10 nitrogen and oxygen atoms in total. The van der Waals surface area contributed by atoms with Crippen molar-refractivity contribution in [2.24, 2.45) is 0 Å². The first-order chi connectivity index (χ1) is 16.5. The van der Waals surface area contributed by atoms with E-state index in [1.54, 1.807) is 48.0 Å². The molecule has 0 saturated carbocycles. The summed E-state index contributed by atoms with van der Waals surface area (Å²) in [4.78, 5) is 24.7. The molecule has 3 aromatic heterocycles. The third-order valence-corrected chi connectivity index (χ3v) is 5.51. The number of rotatable bonds is 4. The maximum atomic E-state index is 14.4. The van der Waals surface area contributed by atoms with Gasteiger partial charge in [0.1, 0.15) is 23.0 Å². The Hall–Kier alpha value is -3.89. The van der Waals surface area contributed by atoms with Crippen LogP contribution in [0.25, 0.3) is 5.65 Å². The van der Waals surface area contributed by atoms with Gasteiger partial charge >= 0.3 is 6.09 Å². The number of carbonyl (C=O) groups is 1. The lowest BCUT2D eigenvalue weighted by molar-refractivity contribution is 0.0240. The fourth-order valence-electron chi connectivity index (χ4n) is 3.87. The van der Waals surface area contributed by atoms with Gasteiger partial charge in [-0.1, -0.05) is 0 Å². The first-order valence-electron chi connectivity index (χ1n) is 11.3. The van der Waals surface area contributed by atoms with Gasteiger partial charge in [0.2, 0.25) is 0 Å². The molecule has 0 aromatic carbocycles. The molecule has 35 heavy (non-hydrogen) atoms. The van der Waals surface area contributed by atoms with Crippen LogP contribution in [0.2, 0.25) is 0 Å². The number of ether oxygens (including phenoxy) is 2. The molecule has 0 unspecified atom stereocenters. The van der Waals surface area contributed by atoms with E-state index in [1.165, 1.54) is 6.07 Å². The summed E-state index contributed by atoms with van der Waals surface area (Å²) >= 11 is 0. The Morgan fingerprint density at radius 2 is 1.89 bits per heavy atom. The number of pyridine rings is 2. The van der Waals surface area contributed by atoms with E-state index in [0.717, 1.165) is 5.69 Å². The van der Waals surface area contributed by atoms with E-state index in [1.807, 2.05) is 20.8 Å². The molecule has 0 radical (unpaired) electrons. The molecule has 1 amide bonds. The van der Waals surface area contributed by atoms with Crippen molar-refractivity contribution < 1.29 is 18.7 Å². The summed E-state index contributed by atoms with van der Waals surface area (Å²) in [5, 5.41) is 11.3. The minimum Gasteiger partial charge on any atom is -0.494 e. The van der Waals surface area contributed by atoms with Crippen molar-refractivity contribution >= 4 is 29.1 Å². The minimum absolute atomic E-state index is 0.00886. The maximum Gasteiger partial charge on any atom is 0.410 e. The van der Waals surface area contributed by atoms with E-state index in [-0.39, 0.29) is 17.6 Å². The fraction of sp³-hybridized carbons (Fsp3) is 0.417. The molecule has 4 rings (SSSR count). The summed E-state index contributed by atoms with van der Waals surface area (Å²) < 4.78 is 27.0. The Kier molecular flexibility index (Phi) is 6.51. The maximum absolute atomic E-state index is 14.4. The molecule has 1 fully saturated rings. The van der Waals surface area contributed by atoms with Crippen molar-refractivity contribution in [3.8, 4) is 5.75 Å².